The molecule has 0 saturated heterocycles. The number of carbonyl (C=O) groups is 1. The first-order valence-electron chi connectivity index (χ1n) is 6.95. The molecule has 1 aromatic heterocycles. The minimum atomic E-state index is -0.300. The SMILES string of the molecule is COC(=O)/C=C1\CCCc2ccc(-c3cncnc3)cc21. The Hall–Kier alpha value is -2.49. The van der Waals surface area contributed by atoms with E-state index in [0.29, 0.717) is 0 Å². The maximum Gasteiger partial charge on any atom is 0.330 e. The summed E-state index contributed by atoms with van der Waals surface area (Å²) in [4.78, 5) is 19.6. The molecule has 0 saturated carbocycles. The van der Waals surface area contributed by atoms with Crippen molar-refractivity contribution in [3.05, 3.63) is 54.1 Å². The summed E-state index contributed by atoms with van der Waals surface area (Å²) in [5, 5.41) is 0. The number of methoxy groups -OCH3 is 1. The molecule has 0 spiro atoms. The van der Waals surface area contributed by atoms with Crippen LogP contribution in [0.3, 0.4) is 0 Å². The average Bonchev–Trinajstić information content (AvgIpc) is 2.55. The normalized spacial score (nSPS) is 15.6. The Morgan fingerprint density at radius 1 is 1.19 bits per heavy atom. The molecule has 0 amide bonds. The Labute approximate surface area is 123 Å². The lowest BCUT2D eigenvalue weighted by atomic mass is 9.85. The molecule has 0 N–H and O–H groups in total. The number of benzene rings is 1. The average molecular weight is 280 g/mol. The quantitative estimate of drug-likeness (QED) is 0.626. The van der Waals surface area contributed by atoms with E-state index in [1.807, 2.05) is 0 Å². The fourth-order valence-electron chi connectivity index (χ4n) is 2.68. The van der Waals surface area contributed by atoms with Gasteiger partial charge in [-0.05, 0) is 47.6 Å². The van der Waals surface area contributed by atoms with Crippen LogP contribution in [0, 0.1) is 0 Å². The van der Waals surface area contributed by atoms with Gasteiger partial charge in [-0.2, -0.15) is 0 Å². The molecule has 0 radical (unpaired) electrons. The molecule has 0 unspecified atom stereocenters. The molecule has 1 heterocycles. The number of hydrogen-bond donors (Lipinski definition) is 0. The summed E-state index contributed by atoms with van der Waals surface area (Å²) < 4.78 is 4.75. The second-order valence-corrected chi connectivity index (χ2v) is 5.05. The summed E-state index contributed by atoms with van der Waals surface area (Å²) in [6, 6.07) is 6.32. The van der Waals surface area contributed by atoms with Crippen LogP contribution in [0.1, 0.15) is 24.0 Å². The third-order valence-electron chi connectivity index (χ3n) is 3.74. The lowest BCUT2D eigenvalue weighted by molar-refractivity contribution is -0.134. The lowest BCUT2D eigenvalue weighted by Gasteiger charge is -2.20. The smallest absolute Gasteiger partial charge is 0.330 e. The maximum absolute atomic E-state index is 11.5. The summed E-state index contributed by atoms with van der Waals surface area (Å²) in [7, 11) is 1.40. The molecule has 4 heteroatoms. The van der Waals surface area contributed by atoms with E-state index in [2.05, 4.69) is 28.2 Å². The zero-order valence-corrected chi connectivity index (χ0v) is 11.9. The number of aryl methyl sites for hydroxylation is 1. The van der Waals surface area contributed by atoms with Gasteiger partial charge in [0.2, 0.25) is 0 Å². The monoisotopic (exact) mass is 280 g/mol. The van der Waals surface area contributed by atoms with Crippen LogP contribution in [0.5, 0.6) is 0 Å². The number of fused-ring (bicyclic) bond motifs is 1. The molecule has 0 fully saturated rings. The predicted molar refractivity (Wildman–Crippen MR) is 80.4 cm³/mol. The van der Waals surface area contributed by atoms with Crippen molar-refractivity contribution in [3.63, 3.8) is 0 Å². The Morgan fingerprint density at radius 3 is 2.76 bits per heavy atom. The van der Waals surface area contributed by atoms with E-state index < -0.39 is 0 Å². The summed E-state index contributed by atoms with van der Waals surface area (Å²) in [6.07, 6.45) is 9.70. The zero-order chi connectivity index (χ0) is 14.7. The number of allylic oxidation sites excluding steroid dienone is 1. The van der Waals surface area contributed by atoms with Crippen LogP contribution in [-0.2, 0) is 16.0 Å². The number of nitrogens with zero attached hydrogens (tertiary/aromatic N) is 2. The topological polar surface area (TPSA) is 52.1 Å². The molecule has 4 nitrogen and oxygen atoms in total. The molecular formula is C17H16N2O2. The first-order chi connectivity index (χ1) is 10.3. The highest BCUT2D eigenvalue weighted by atomic mass is 16.5. The Kier molecular flexibility index (Phi) is 3.77. The number of rotatable bonds is 2. The van der Waals surface area contributed by atoms with E-state index in [0.717, 1.165) is 41.5 Å². The van der Waals surface area contributed by atoms with Crippen molar-refractivity contribution in [3.8, 4) is 11.1 Å². The minimum Gasteiger partial charge on any atom is -0.466 e. The summed E-state index contributed by atoms with van der Waals surface area (Å²) in [6.45, 7) is 0. The van der Waals surface area contributed by atoms with Crippen molar-refractivity contribution in [1.29, 1.82) is 0 Å². The molecule has 2 aromatic rings. The van der Waals surface area contributed by atoms with Crippen molar-refractivity contribution < 1.29 is 9.53 Å². The number of carbonyl (C=O) groups excluding carboxylic acids is 1. The first-order valence-corrected chi connectivity index (χ1v) is 6.95. The lowest BCUT2D eigenvalue weighted by Crippen LogP contribution is -2.05. The van der Waals surface area contributed by atoms with Crippen LogP contribution in [0.25, 0.3) is 16.7 Å². The van der Waals surface area contributed by atoms with E-state index in [9.17, 15) is 4.79 Å². The van der Waals surface area contributed by atoms with E-state index in [4.69, 9.17) is 4.74 Å². The van der Waals surface area contributed by atoms with Gasteiger partial charge in [0.05, 0.1) is 7.11 Å². The van der Waals surface area contributed by atoms with Crippen LogP contribution >= 0.6 is 0 Å². The third kappa shape index (κ3) is 2.84. The molecule has 21 heavy (non-hydrogen) atoms. The van der Waals surface area contributed by atoms with Crippen molar-refractivity contribution >= 4 is 11.5 Å². The minimum absolute atomic E-state index is 0.300. The highest BCUT2D eigenvalue weighted by Gasteiger charge is 2.16. The Morgan fingerprint density at radius 2 is 2.00 bits per heavy atom. The number of aromatic nitrogens is 2. The summed E-state index contributed by atoms with van der Waals surface area (Å²) in [5.41, 5.74) is 5.49. The van der Waals surface area contributed by atoms with Crippen molar-refractivity contribution in [2.24, 2.45) is 0 Å². The Bertz CT molecular complexity index is 693. The van der Waals surface area contributed by atoms with E-state index in [1.165, 1.54) is 19.0 Å². The highest BCUT2D eigenvalue weighted by molar-refractivity contribution is 5.92. The van der Waals surface area contributed by atoms with Gasteiger partial charge < -0.3 is 4.74 Å². The largest absolute Gasteiger partial charge is 0.466 e. The predicted octanol–water partition coefficient (Wildman–Crippen LogP) is 3.04. The molecule has 3 rings (SSSR count). The standard InChI is InChI=1S/C17H16N2O2/c1-21-17(20)8-14-4-2-3-12-5-6-13(7-16(12)14)15-9-18-11-19-10-15/h5-11H,2-4H2,1H3/b14-8+. The second-order valence-electron chi connectivity index (χ2n) is 5.05. The Balaban J connectivity index is 2.05. The summed E-state index contributed by atoms with van der Waals surface area (Å²) in [5.74, 6) is -0.300. The van der Waals surface area contributed by atoms with Gasteiger partial charge in [-0.15, -0.1) is 0 Å². The van der Waals surface area contributed by atoms with Gasteiger partial charge in [0.25, 0.3) is 0 Å². The van der Waals surface area contributed by atoms with Crippen LogP contribution in [0.2, 0.25) is 0 Å². The van der Waals surface area contributed by atoms with Crippen LogP contribution in [0.4, 0.5) is 0 Å². The fourth-order valence-corrected chi connectivity index (χ4v) is 2.68. The number of ether oxygens (including phenoxy) is 1. The zero-order valence-electron chi connectivity index (χ0n) is 11.9. The maximum atomic E-state index is 11.5. The van der Waals surface area contributed by atoms with Crippen LogP contribution in [0.15, 0.2) is 43.0 Å². The third-order valence-corrected chi connectivity index (χ3v) is 3.74. The fraction of sp³-hybridized carbons (Fsp3) is 0.235. The van der Waals surface area contributed by atoms with Crippen molar-refractivity contribution in [2.45, 2.75) is 19.3 Å². The molecule has 106 valence electrons. The van der Waals surface area contributed by atoms with E-state index in [-0.39, 0.29) is 5.97 Å². The number of esters is 1. The van der Waals surface area contributed by atoms with Crippen molar-refractivity contribution in [1.82, 2.24) is 9.97 Å². The number of hydrogen-bond acceptors (Lipinski definition) is 4. The van der Waals surface area contributed by atoms with Gasteiger partial charge in [-0.1, -0.05) is 12.1 Å². The van der Waals surface area contributed by atoms with Gasteiger partial charge in [0.15, 0.2) is 0 Å². The van der Waals surface area contributed by atoms with Gasteiger partial charge in [-0.3, -0.25) is 0 Å². The molecule has 1 aromatic carbocycles. The first kappa shape index (κ1) is 13.5. The second kappa shape index (κ2) is 5.87. The van der Waals surface area contributed by atoms with E-state index >= 15 is 0 Å². The van der Waals surface area contributed by atoms with Crippen LogP contribution in [-0.4, -0.2) is 23.0 Å². The van der Waals surface area contributed by atoms with Gasteiger partial charge >= 0.3 is 5.97 Å². The van der Waals surface area contributed by atoms with Crippen LogP contribution < -0.4 is 0 Å². The molecular weight excluding hydrogens is 264 g/mol. The van der Waals surface area contributed by atoms with Gasteiger partial charge in [-0.25, -0.2) is 14.8 Å². The molecule has 1 aliphatic carbocycles. The van der Waals surface area contributed by atoms with Gasteiger partial charge in [0.1, 0.15) is 6.33 Å². The molecule has 0 atom stereocenters. The highest BCUT2D eigenvalue weighted by Crippen LogP contribution is 2.33. The van der Waals surface area contributed by atoms with Gasteiger partial charge in [0, 0.05) is 24.0 Å². The molecule has 0 bridgehead atoms. The van der Waals surface area contributed by atoms with Crippen molar-refractivity contribution in [2.75, 3.05) is 7.11 Å². The summed E-state index contributed by atoms with van der Waals surface area (Å²) >= 11 is 0. The molecule has 1 aliphatic rings. The van der Waals surface area contributed by atoms with E-state index in [1.54, 1.807) is 18.5 Å². The molecule has 0 aliphatic heterocycles.